The first-order chi connectivity index (χ1) is 6.42. The van der Waals surface area contributed by atoms with Crippen molar-refractivity contribution in [1.82, 2.24) is 5.32 Å². The second kappa shape index (κ2) is 4.43. The van der Waals surface area contributed by atoms with E-state index in [1.54, 1.807) is 0 Å². The molecule has 1 heterocycles. The molecule has 2 fully saturated rings. The molecule has 76 valence electrons. The molecule has 2 unspecified atom stereocenters. The van der Waals surface area contributed by atoms with E-state index in [0.29, 0.717) is 0 Å². The quantitative estimate of drug-likeness (QED) is 0.715. The van der Waals surface area contributed by atoms with Gasteiger partial charge in [0.15, 0.2) is 0 Å². The SMILES string of the molecule is CCNCC1CC1C1CCOCC1. The normalized spacial score (nSPS) is 34.8. The van der Waals surface area contributed by atoms with Gasteiger partial charge in [0, 0.05) is 13.2 Å². The maximum Gasteiger partial charge on any atom is 0.0468 e. The number of ether oxygens (including phenoxy) is 1. The van der Waals surface area contributed by atoms with Gasteiger partial charge < -0.3 is 10.1 Å². The third-order valence-corrected chi connectivity index (χ3v) is 3.51. The average molecular weight is 183 g/mol. The Labute approximate surface area is 81.0 Å². The first-order valence-electron chi connectivity index (χ1n) is 5.70. The summed E-state index contributed by atoms with van der Waals surface area (Å²) in [5, 5.41) is 3.45. The molecule has 1 saturated carbocycles. The predicted molar refractivity (Wildman–Crippen MR) is 53.7 cm³/mol. The lowest BCUT2D eigenvalue weighted by Gasteiger charge is -2.22. The lowest BCUT2D eigenvalue weighted by molar-refractivity contribution is 0.0582. The van der Waals surface area contributed by atoms with E-state index >= 15 is 0 Å². The smallest absolute Gasteiger partial charge is 0.0468 e. The summed E-state index contributed by atoms with van der Waals surface area (Å²) < 4.78 is 5.38. The summed E-state index contributed by atoms with van der Waals surface area (Å²) in [4.78, 5) is 0. The van der Waals surface area contributed by atoms with Crippen LogP contribution in [0.2, 0.25) is 0 Å². The van der Waals surface area contributed by atoms with Gasteiger partial charge in [0.05, 0.1) is 0 Å². The van der Waals surface area contributed by atoms with Crippen LogP contribution in [-0.4, -0.2) is 26.3 Å². The predicted octanol–water partition coefficient (Wildman–Crippen LogP) is 1.66. The highest BCUT2D eigenvalue weighted by atomic mass is 16.5. The summed E-state index contributed by atoms with van der Waals surface area (Å²) in [5.74, 6) is 3.00. The molecular formula is C11H21NO. The molecule has 0 aromatic heterocycles. The molecule has 0 aromatic rings. The molecule has 2 heteroatoms. The van der Waals surface area contributed by atoms with Crippen LogP contribution < -0.4 is 5.32 Å². The van der Waals surface area contributed by atoms with Crippen LogP contribution in [0.3, 0.4) is 0 Å². The molecule has 2 aliphatic rings. The molecule has 2 atom stereocenters. The zero-order valence-electron chi connectivity index (χ0n) is 8.59. The van der Waals surface area contributed by atoms with Crippen molar-refractivity contribution in [3.8, 4) is 0 Å². The first-order valence-corrected chi connectivity index (χ1v) is 5.70. The van der Waals surface area contributed by atoms with Crippen molar-refractivity contribution in [3.63, 3.8) is 0 Å². The van der Waals surface area contributed by atoms with E-state index in [2.05, 4.69) is 12.2 Å². The van der Waals surface area contributed by atoms with E-state index in [4.69, 9.17) is 4.74 Å². The van der Waals surface area contributed by atoms with Crippen molar-refractivity contribution < 1.29 is 4.74 Å². The second-order valence-electron chi connectivity index (χ2n) is 4.42. The van der Waals surface area contributed by atoms with Gasteiger partial charge in [0.1, 0.15) is 0 Å². The Hall–Kier alpha value is -0.0800. The molecule has 0 amide bonds. The molecule has 2 rings (SSSR count). The Morgan fingerprint density at radius 1 is 1.31 bits per heavy atom. The van der Waals surface area contributed by atoms with Gasteiger partial charge in [-0.25, -0.2) is 0 Å². The van der Waals surface area contributed by atoms with Crippen molar-refractivity contribution in [2.45, 2.75) is 26.2 Å². The molecule has 0 bridgehead atoms. The molecule has 1 aliphatic heterocycles. The van der Waals surface area contributed by atoms with Crippen LogP contribution in [0.5, 0.6) is 0 Å². The lowest BCUT2D eigenvalue weighted by Crippen LogP contribution is -2.21. The number of hydrogen-bond donors (Lipinski definition) is 1. The Kier molecular flexibility index (Phi) is 3.23. The molecule has 13 heavy (non-hydrogen) atoms. The van der Waals surface area contributed by atoms with E-state index in [1.165, 1.54) is 25.8 Å². The standard InChI is InChI=1S/C11H21NO/c1-2-12-8-10-7-11(10)9-3-5-13-6-4-9/h9-12H,2-8H2,1H3. The molecule has 0 spiro atoms. The van der Waals surface area contributed by atoms with Crippen LogP contribution in [0.1, 0.15) is 26.2 Å². The van der Waals surface area contributed by atoms with Crippen LogP contribution in [0, 0.1) is 17.8 Å². The molecule has 2 nitrogen and oxygen atoms in total. The van der Waals surface area contributed by atoms with Crippen molar-refractivity contribution in [1.29, 1.82) is 0 Å². The maximum atomic E-state index is 5.38. The lowest BCUT2D eigenvalue weighted by atomic mass is 9.93. The monoisotopic (exact) mass is 183 g/mol. The minimum Gasteiger partial charge on any atom is -0.381 e. The van der Waals surface area contributed by atoms with Gasteiger partial charge in [0.2, 0.25) is 0 Å². The van der Waals surface area contributed by atoms with Crippen LogP contribution >= 0.6 is 0 Å². The van der Waals surface area contributed by atoms with Crippen molar-refractivity contribution in [2.24, 2.45) is 17.8 Å². The summed E-state index contributed by atoms with van der Waals surface area (Å²) in [7, 11) is 0. The van der Waals surface area contributed by atoms with Crippen LogP contribution in [-0.2, 0) is 4.74 Å². The molecule has 1 N–H and O–H groups in total. The van der Waals surface area contributed by atoms with Crippen LogP contribution in [0.15, 0.2) is 0 Å². The largest absolute Gasteiger partial charge is 0.381 e. The van der Waals surface area contributed by atoms with E-state index in [0.717, 1.165) is 37.5 Å². The van der Waals surface area contributed by atoms with E-state index in [9.17, 15) is 0 Å². The molecule has 0 radical (unpaired) electrons. The van der Waals surface area contributed by atoms with Gasteiger partial charge in [-0.2, -0.15) is 0 Å². The summed E-state index contributed by atoms with van der Waals surface area (Å²) in [6, 6.07) is 0. The zero-order chi connectivity index (χ0) is 9.10. The van der Waals surface area contributed by atoms with Gasteiger partial charge in [0.25, 0.3) is 0 Å². The third-order valence-electron chi connectivity index (χ3n) is 3.51. The number of nitrogens with one attached hydrogen (secondary N) is 1. The molecular weight excluding hydrogens is 162 g/mol. The minimum absolute atomic E-state index is 0.984. The fraction of sp³-hybridized carbons (Fsp3) is 1.00. The van der Waals surface area contributed by atoms with Gasteiger partial charge >= 0.3 is 0 Å². The summed E-state index contributed by atoms with van der Waals surface area (Å²) >= 11 is 0. The van der Waals surface area contributed by atoms with Gasteiger partial charge in [-0.3, -0.25) is 0 Å². The van der Waals surface area contributed by atoms with Crippen molar-refractivity contribution in [2.75, 3.05) is 26.3 Å². The van der Waals surface area contributed by atoms with Gasteiger partial charge in [-0.1, -0.05) is 6.92 Å². The molecule has 1 aliphatic carbocycles. The minimum atomic E-state index is 0.984. The van der Waals surface area contributed by atoms with E-state index in [1.807, 2.05) is 0 Å². The molecule has 0 aromatic carbocycles. The fourth-order valence-corrected chi connectivity index (χ4v) is 2.56. The highest BCUT2D eigenvalue weighted by Crippen LogP contribution is 2.47. The number of rotatable bonds is 4. The van der Waals surface area contributed by atoms with E-state index in [-0.39, 0.29) is 0 Å². The van der Waals surface area contributed by atoms with Gasteiger partial charge in [-0.15, -0.1) is 0 Å². The fourth-order valence-electron chi connectivity index (χ4n) is 2.56. The Morgan fingerprint density at radius 2 is 2.08 bits per heavy atom. The highest BCUT2D eigenvalue weighted by molar-refractivity contribution is 4.92. The van der Waals surface area contributed by atoms with Gasteiger partial charge in [-0.05, 0) is 50.1 Å². The third kappa shape index (κ3) is 2.44. The summed E-state index contributed by atoms with van der Waals surface area (Å²) in [6.45, 7) is 6.57. The Morgan fingerprint density at radius 3 is 2.77 bits per heavy atom. The Bertz CT molecular complexity index is 154. The highest BCUT2D eigenvalue weighted by Gasteiger charge is 2.42. The Balaban J connectivity index is 1.66. The second-order valence-corrected chi connectivity index (χ2v) is 4.42. The maximum absolute atomic E-state index is 5.38. The summed E-state index contributed by atoms with van der Waals surface area (Å²) in [5.41, 5.74) is 0. The van der Waals surface area contributed by atoms with Crippen molar-refractivity contribution in [3.05, 3.63) is 0 Å². The van der Waals surface area contributed by atoms with E-state index < -0.39 is 0 Å². The topological polar surface area (TPSA) is 21.3 Å². The zero-order valence-corrected chi connectivity index (χ0v) is 8.59. The van der Waals surface area contributed by atoms with Crippen molar-refractivity contribution >= 4 is 0 Å². The van der Waals surface area contributed by atoms with Crippen LogP contribution in [0.4, 0.5) is 0 Å². The number of hydrogen-bond acceptors (Lipinski definition) is 2. The molecule has 1 saturated heterocycles. The first kappa shape index (κ1) is 9.47. The van der Waals surface area contributed by atoms with Crippen LogP contribution in [0.25, 0.3) is 0 Å². The average Bonchev–Trinajstić information content (AvgIpc) is 2.95. The summed E-state index contributed by atoms with van der Waals surface area (Å²) in [6.07, 6.45) is 4.10.